The number of rotatable bonds is 4. The van der Waals surface area contributed by atoms with Crippen molar-refractivity contribution >= 4 is 5.91 Å². The summed E-state index contributed by atoms with van der Waals surface area (Å²) >= 11 is 0. The number of hydrogen-bond donors (Lipinski definition) is 2. The number of carbonyl (C=O) groups excluding carboxylic acids is 1. The standard InChI is InChI=1S/C13H18N2O3/c14-11-5-6-15(7-11)13(17)9-18-12-3-1-10(8-16)2-4-12/h1-4,11,16H,5-9,14H2. The van der Waals surface area contributed by atoms with E-state index in [4.69, 9.17) is 15.6 Å². The molecule has 18 heavy (non-hydrogen) atoms. The normalized spacial score (nSPS) is 19.0. The second-order valence-corrected chi connectivity index (χ2v) is 4.48. The molecule has 0 saturated carbocycles. The zero-order valence-corrected chi connectivity index (χ0v) is 10.2. The molecule has 5 heteroatoms. The van der Waals surface area contributed by atoms with E-state index in [2.05, 4.69) is 0 Å². The minimum absolute atomic E-state index is 0.00484. The number of likely N-dealkylation sites (tertiary alicyclic amines) is 1. The Kier molecular flexibility index (Phi) is 4.17. The zero-order valence-electron chi connectivity index (χ0n) is 10.2. The summed E-state index contributed by atoms with van der Waals surface area (Å²) in [6, 6.07) is 7.12. The number of hydrogen-bond acceptors (Lipinski definition) is 4. The summed E-state index contributed by atoms with van der Waals surface area (Å²) in [7, 11) is 0. The van der Waals surface area contributed by atoms with Crippen LogP contribution >= 0.6 is 0 Å². The maximum Gasteiger partial charge on any atom is 0.260 e. The maximum atomic E-state index is 11.8. The molecule has 1 unspecified atom stereocenters. The van der Waals surface area contributed by atoms with Gasteiger partial charge in [-0.2, -0.15) is 0 Å². The number of aliphatic hydroxyl groups excluding tert-OH is 1. The molecule has 5 nitrogen and oxygen atoms in total. The van der Waals surface area contributed by atoms with Crippen molar-refractivity contribution in [2.45, 2.75) is 19.1 Å². The van der Waals surface area contributed by atoms with Crippen LogP contribution in [0.25, 0.3) is 0 Å². The van der Waals surface area contributed by atoms with E-state index in [0.29, 0.717) is 18.8 Å². The summed E-state index contributed by atoms with van der Waals surface area (Å²) in [5.74, 6) is 0.596. The lowest BCUT2D eigenvalue weighted by Crippen LogP contribution is -2.35. The first-order valence-electron chi connectivity index (χ1n) is 6.05. The van der Waals surface area contributed by atoms with Gasteiger partial charge in [-0.25, -0.2) is 0 Å². The third kappa shape index (κ3) is 3.21. The van der Waals surface area contributed by atoms with Gasteiger partial charge in [0.25, 0.3) is 5.91 Å². The lowest BCUT2D eigenvalue weighted by molar-refractivity contribution is -0.132. The van der Waals surface area contributed by atoms with Crippen LogP contribution in [0, 0.1) is 0 Å². The van der Waals surface area contributed by atoms with Crippen LogP contribution in [0.3, 0.4) is 0 Å². The molecule has 3 N–H and O–H groups in total. The van der Waals surface area contributed by atoms with E-state index < -0.39 is 0 Å². The topological polar surface area (TPSA) is 75.8 Å². The van der Waals surface area contributed by atoms with Crippen molar-refractivity contribution in [2.24, 2.45) is 5.73 Å². The molecule has 1 aromatic carbocycles. The van der Waals surface area contributed by atoms with Gasteiger partial charge < -0.3 is 20.5 Å². The van der Waals surface area contributed by atoms with Crippen molar-refractivity contribution in [3.8, 4) is 5.75 Å². The van der Waals surface area contributed by atoms with Gasteiger partial charge in [0, 0.05) is 19.1 Å². The summed E-state index contributed by atoms with van der Waals surface area (Å²) < 4.78 is 5.40. The Balaban J connectivity index is 1.81. The van der Waals surface area contributed by atoms with Gasteiger partial charge >= 0.3 is 0 Å². The van der Waals surface area contributed by atoms with Crippen LogP contribution in [0.1, 0.15) is 12.0 Å². The van der Waals surface area contributed by atoms with Crippen LogP contribution < -0.4 is 10.5 Å². The molecule has 98 valence electrons. The van der Waals surface area contributed by atoms with Crippen molar-refractivity contribution in [1.82, 2.24) is 4.90 Å². The number of aliphatic hydroxyl groups is 1. The summed E-state index contributed by atoms with van der Waals surface area (Å²) in [6.45, 7) is 1.37. The first-order valence-corrected chi connectivity index (χ1v) is 6.05. The van der Waals surface area contributed by atoms with Crippen LogP contribution in [0.2, 0.25) is 0 Å². The van der Waals surface area contributed by atoms with Crippen LogP contribution in [-0.2, 0) is 11.4 Å². The van der Waals surface area contributed by atoms with Crippen molar-refractivity contribution in [1.29, 1.82) is 0 Å². The molecule has 1 saturated heterocycles. The number of nitrogens with zero attached hydrogens (tertiary/aromatic N) is 1. The van der Waals surface area contributed by atoms with E-state index >= 15 is 0 Å². The van der Waals surface area contributed by atoms with Gasteiger partial charge in [-0.1, -0.05) is 12.1 Å². The highest BCUT2D eigenvalue weighted by atomic mass is 16.5. The van der Waals surface area contributed by atoms with E-state index in [1.54, 1.807) is 29.2 Å². The summed E-state index contributed by atoms with van der Waals surface area (Å²) in [5, 5.41) is 8.90. The number of ether oxygens (including phenoxy) is 1. The molecule has 1 aromatic rings. The minimum Gasteiger partial charge on any atom is -0.484 e. The molecule has 0 aromatic heterocycles. The van der Waals surface area contributed by atoms with Crippen LogP contribution in [-0.4, -0.2) is 41.7 Å². The Bertz CT molecular complexity index is 405. The molecule has 2 rings (SSSR count). The van der Waals surface area contributed by atoms with Gasteiger partial charge in [0.1, 0.15) is 5.75 Å². The predicted molar refractivity (Wildman–Crippen MR) is 67.0 cm³/mol. The maximum absolute atomic E-state index is 11.8. The monoisotopic (exact) mass is 250 g/mol. The quantitative estimate of drug-likeness (QED) is 0.795. The fraction of sp³-hybridized carbons (Fsp3) is 0.462. The molecule has 0 bridgehead atoms. The molecular formula is C13H18N2O3. The second kappa shape index (κ2) is 5.84. The van der Waals surface area contributed by atoms with E-state index in [1.165, 1.54) is 0 Å². The molecule has 1 heterocycles. The number of carbonyl (C=O) groups is 1. The fourth-order valence-corrected chi connectivity index (χ4v) is 1.94. The second-order valence-electron chi connectivity index (χ2n) is 4.48. The highest BCUT2D eigenvalue weighted by Crippen LogP contribution is 2.13. The fourth-order valence-electron chi connectivity index (χ4n) is 1.94. The smallest absolute Gasteiger partial charge is 0.260 e. The average Bonchev–Trinajstić information content (AvgIpc) is 2.83. The Labute approximate surface area is 106 Å². The van der Waals surface area contributed by atoms with Gasteiger partial charge in [-0.05, 0) is 24.1 Å². The molecule has 0 aliphatic carbocycles. The Morgan fingerprint density at radius 3 is 2.72 bits per heavy atom. The van der Waals surface area contributed by atoms with E-state index in [9.17, 15) is 4.79 Å². The third-order valence-electron chi connectivity index (χ3n) is 3.05. The largest absolute Gasteiger partial charge is 0.484 e. The zero-order chi connectivity index (χ0) is 13.0. The van der Waals surface area contributed by atoms with E-state index in [-0.39, 0.29) is 25.2 Å². The molecule has 1 atom stereocenters. The number of benzene rings is 1. The first kappa shape index (κ1) is 12.9. The van der Waals surface area contributed by atoms with E-state index in [1.807, 2.05) is 0 Å². The Hall–Kier alpha value is -1.59. The Morgan fingerprint density at radius 1 is 1.44 bits per heavy atom. The lowest BCUT2D eigenvalue weighted by Gasteiger charge is -2.16. The predicted octanol–water partition coefficient (Wildman–Crippen LogP) is 0.117. The SMILES string of the molecule is NC1CCN(C(=O)COc2ccc(CO)cc2)C1. The Morgan fingerprint density at radius 2 is 2.17 bits per heavy atom. The van der Waals surface area contributed by atoms with Crippen molar-refractivity contribution in [3.63, 3.8) is 0 Å². The molecular weight excluding hydrogens is 232 g/mol. The third-order valence-corrected chi connectivity index (χ3v) is 3.05. The van der Waals surface area contributed by atoms with Crippen LogP contribution in [0.4, 0.5) is 0 Å². The van der Waals surface area contributed by atoms with E-state index in [0.717, 1.165) is 12.0 Å². The molecule has 1 aliphatic heterocycles. The van der Waals surface area contributed by atoms with Crippen molar-refractivity contribution in [2.75, 3.05) is 19.7 Å². The molecule has 1 aliphatic rings. The molecule has 0 radical (unpaired) electrons. The summed E-state index contributed by atoms with van der Waals surface area (Å²) in [5.41, 5.74) is 6.56. The average molecular weight is 250 g/mol. The van der Waals surface area contributed by atoms with Gasteiger partial charge in [0.2, 0.25) is 0 Å². The molecule has 1 amide bonds. The van der Waals surface area contributed by atoms with Crippen LogP contribution in [0.5, 0.6) is 5.75 Å². The molecule has 1 fully saturated rings. The van der Waals surface area contributed by atoms with Gasteiger partial charge in [0.05, 0.1) is 6.61 Å². The van der Waals surface area contributed by atoms with Crippen molar-refractivity contribution in [3.05, 3.63) is 29.8 Å². The highest BCUT2D eigenvalue weighted by Gasteiger charge is 2.23. The lowest BCUT2D eigenvalue weighted by atomic mass is 10.2. The van der Waals surface area contributed by atoms with Gasteiger partial charge in [-0.15, -0.1) is 0 Å². The van der Waals surface area contributed by atoms with Crippen LogP contribution in [0.15, 0.2) is 24.3 Å². The first-order chi connectivity index (χ1) is 8.69. The number of nitrogens with two attached hydrogens (primary N) is 1. The van der Waals surface area contributed by atoms with Gasteiger partial charge in [-0.3, -0.25) is 4.79 Å². The highest BCUT2D eigenvalue weighted by molar-refractivity contribution is 5.78. The summed E-state index contributed by atoms with van der Waals surface area (Å²) in [4.78, 5) is 13.5. The summed E-state index contributed by atoms with van der Waals surface area (Å²) in [6.07, 6.45) is 0.858. The van der Waals surface area contributed by atoms with Gasteiger partial charge in [0.15, 0.2) is 6.61 Å². The number of amides is 1. The minimum atomic E-state index is -0.0332. The molecule has 0 spiro atoms. The van der Waals surface area contributed by atoms with Crippen molar-refractivity contribution < 1.29 is 14.6 Å².